The Hall–Kier alpha value is -3.02. The summed E-state index contributed by atoms with van der Waals surface area (Å²) in [6.07, 6.45) is -0.668. The van der Waals surface area contributed by atoms with Crippen LogP contribution in [0.3, 0.4) is 0 Å². The highest BCUT2D eigenvalue weighted by molar-refractivity contribution is 5.94. The molecule has 6 nitrogen and oxygen atoms in total. The molecular formula is C19H22N2O4. The molecule has 25 heavy (non-hydrogen) atoms. The zero-order chi connectivity index (χ0) is 18.2. The molecule has 2 N–H and O–H groups in total. The predicted molar refractivity (Wildman–Crippen MR) is 97.1 cm³/mol. The van der Waals surface area contributed by atoms with Gasteiger partial charge in [-0.3, -0.25) is 9.59 Å². The van der Waals surface area contributed by atoms with Gasteiger partial charge in [-0.05, 0) is 62.4 Å². The molecule has 0 bridgehead atoms. The van der Waals surface area contributed by atoms with Gasteiger partial charge in [-0.25, -0.2) is 0 Å². The van der Waals surface area contributed by atoms with Crippen molar-refractivity contribution < 1.29 is 19.1 Å². The van der Waals surface area contributed by atoms with Crippen molar-refractivity contribution in [1.29, 1.82) is 0 Å². The first-order valence-corrected chi connectivity index (χ1v) is 8.06. The maximum Gasteiger partial charge on any atom is 0.265 e. The van der Waals surface area contributed by atoms with Crippen LogP contribution in [0.25, 0.3) is 0 Å². The molecule has 0 heterocycles. The Bertz CT molecular complexity index is 711. The number of carbonyl (C=O) groups excluding carboxylic acids is 2. The molecule has 0 aliphatic heterocycles. The Morgan fingerprint density at radius 1 is 0.920 bits per heavy atom. The van der Waals surface area contributed by atoms with Gasteiger partial charge in [0.2, 0.25) is 5.91 Å². The van der Waals surface area contributed by atoms with Gasteiger partial charge in [-0.15, -0.1) is 0 Å². The van der Waals surface area contributed by atoms with Gasteiger partial charge in [0.15, 0.2) is 6.10 Å². The van der Waals surface area contributed by atoms with E-state index in [0.717, 1.165) is 5.75 Å². The molecule has 2 aromatic rings. The van der Waals surface area contributed by atoms with E-state index >= 15 is 0 Å². The number of amides is 2. The molecule has 0 radical (unpaired) electrons. The lowest BCUT2D eigenvalue weighted by molar-refractivity contribution is -0.122. The zero-order valence-electron chi connectivity index (χ0n) is 14.5. The third-order valence-electron chi connectivity index (χ3n) is 3.29. The third kappa shape index (κ3) is 5.84. The molecule has 0 aliphatic carbocycles. The minimum absolute atomic E-state index is 0.142. The standard InChI is InChI=1S/C19H22N2O4/c1-4-24-17-9-5-16(6-10-17)21-19(23)13(2)25-18-11-7-15(8-12-18)20-14(3)22/h5-13H,4H2,1-3H3,(H,20,22)(H,21,23). The lowest BCUT2D eigenvalue weighted by Crippen LogP contribution is -2.30. The maximum atomic E-state index is 12.2. The lowest BCUT2D eigenvalue weighted by Gasteiger charge is -2.15. The molecule has 0 saturated carbocycles. The average molecular weight is 342 g/mol. The highest BCUT2D eigenvalue weighted by atomic mass is 16.5. The first-order chi connectivity index (χ1) is 12.0. The Balaban J connectivity index is 1.90. The Kier molecular flexibility index (Phi) is 6.39. The number of carbonyl (C=O) groups is 2. The fourth-order valence-electron chi connectivity index (χ4n) is 2.12. The van der Waals surface area contributed by atoms with Gasteiger partial charge in [0.25, 0.3) is 5.91 Å². The van der Waals surface area contributed by atoms with Gasteiger partial charge in [-0.2, -0.15) is 0 Å². The van der Waals surface area contributed by atoms with Crippen molar-refractivity contribution in [2.45, 2.75) is 26.9 Å². The van der Waals surface area contributed by atoms with E-state index < -0.39 is 6.10 Å². The van der Waals surface area contributed by atoms with E-state index in [1.807, 2.05) is 6.92 Å². The predicted octanol–water partition coefficient (Wildman–Crippen LogP) is 3.45. The molecule has 0 aromatic heterocycles. The Morgan fingerprint density at radius 2 is 1.44 bits per heavy atom. The van der Waals surface area contributed by atoms with Gasteiger partial charge < -0.3 is 20.1 Å². The maximum absolute atomic E-state index is 12.2. The third-order valence-corrected chi connectivity index (χ3v) is 3.29. The summed E-state index contributed by atoms with van der Waals surface area (Å²) >= 11 is 0. The van der Waals surface area contributed by atoms with E-state index in [9.17, 15) is 9.59 Å². The molecule has 0 spiro atoms. The second-order valence-corrected chi connectivity index (χ2v) is 5.41. The SMILES string of the molecule is CCOc1ccc(NC(=O)C(C)Oc2ccc(NC(C)=O)cc2)cc1. The average Bonchev–Trinajstić information content (AvgIpc) is 2.58. The van der Waals surface area contributed by atoms with Gasteiger partial charge >= 0.3 is 0 Å². The van der Waals surface area contributed by atoms with E-state index in [4.69, 9.17) is 9.47 Å². The van der Waals surface area contributed by atoms with Crippen LogP contribution < -0.4 is 20.1 Å². The molecule has 1 atom stereocenters. The van der Waals surface area contributed by atoms with Crippen LogP contribution in [0, 0.1) is 0 Å². The minimum atomic E-state index is -0.668. The van der Waals surface area contributed by atoms with Crippen LogP contribution in [0.2, 0.25) is 0 Å². The van der Waals surface area contributed by atoms with Crippen molar-refractivity contribution in [3.63, 3.8) is 0 Å². The molecule has 0 saturated heterocycles. The van der Waals surface area contributed by atoms with Gasteiger partial charge in [0, 0.05) is 18.3 Å². The van der Waals surface area contributed by atoms with E-state index in [0.29, 0.717) is 23.7 Å². The molecule has 0 aliphatic rings. The fraction of sp³-hybridized carbons (Fsp3) is 0.263. The van der Waals surface area contributed by atoms with Crippen LogP contribution in [-0.2, 0) is 9.59 Å². The number of nitrogens with one attached hydrogen (secondary N) is 2. The topological polar surface area (TPSA) is 76.7 Å². The van der Waals surface area contributed by atoms with Crippen LogP contribution in [-0.4, -0.2) is 24.5 Å². The second-order valence-electron chi connectivity index (χ2n) is 5.41. The van der Waals surface area contributed by atoms with Crippen molar-refractivity contribution in [2.75, 3.05) is 17.2 Å². The second kappa shape index (κ2) is 8.73. The zero-order valence-corrected chi connectivity index (χ0v) is 14.5. The number of hydrogen-bond acceptors (Lipinski definition) is 4. The first kappa shape index (κ1) is 18.3. The number of ether oxygens (including phenoxy) is 2. The summed E-state index contributed by atoms with van der Waals surface area (Å²) in [7, 11) is 0. The van der Waals surface area contributed by atoms with E-state index in [1.165, 1.54) is 6.92 Å². The molecule has 0 fully saturated rings. The molecule has 2 aromatic carbocycles. The van der Waals surface area contributed by atoms with Gasteiger partial charge in [-0.1, -0.05) is 0 Å². The van der Waals surface area contributed by atoms with Crippen molar-refractivity contribution in [3.05, 3.63) is 48.5 Å². The highest BCUT2D eigenvalue weighted by Crippen LogP contribution is 2.19. The van der Waals surface area contributed by atoms with Crippen LogP contribution >= 0.6 is 0 Å². The Morgan fingerprint density at radius 3 is 1.96 bits per heavy atom. The molecule has 132 valence electrons. The molecule has 6 heteroatoms. The summed E-state index contributed by atoms with van der Waals surface area (Å²) in [5, 5.41) is 5.46. The summed E-state index contributed by atoms with van der Waals surface area (Å²) in [6, 6.07) is 14.0. The summed E-state index contributed by atoms with van der Waals surface area (Å²) < 4.78 is 11.0. The largest absolute Gasteiger partial charge is 0.494 e. The molecular weight excluding hydrogens is 320 g/mol. The summed E-state index contributed by atoms with van der Waals surface area (Å²) in [5.74, 6) is 0.902. The number of hydrogen-bond donors (Lipinski definition) is 2. The van der Waals surface area contributed by atoms with E-state index in [2.05, 4.69) is 10.6 Å². The Labute approximate surface area is 147 Å². The first-order valence-electron chi connectivity index (χ1n) is 8.06. The molecule has 1 unspecified atom stereocenters. The minimum Gasteiger partial charge on any atom is -0.494 e. The normalized spacial score (nSPS) is 11.3. The molecule has 2 amide bonds. The highest BCUT2D eigenvalue weighted by Gasteiger charge is 2.15. The number of anilines is 2. The summed E-state index contributed by atoms with van der Waals surface area (Å²) in [6.45, 7) is 5.62. The molecule has 2 rings (SSSR count). The number of rotatable bonds is 7. The van der Waals surface area contributed by atoms with Crippen LogP contribution in [0.5, 0.6) is 11.5 Å². The van der Waals surface area contributed by atoms with Crippen molar-refractivity contribution >= 4 is 23.2 Å². The van der Waals surface area contributed by atoms with Crippen molar-refractivity contribution in [1.82, 2.24) is 0 Å². The summed E-state index contributed by atoms with van der Waals surface area (Å²) in [4.78, 5) is 23.2. The van der Waals surface area contributed by atoms with Crippen LogP contribution in [0.4, 0.5) is 11.4 Å². The van der Waals surface area contributed by atoms with E-state index in [-0.39, 0.29) is 11.8 Å². The van der Waals surface area contributed by atoms with Crippen molar-refractivity contribution in [3.8, 4) is 11.5 Å². The number of benzene rings is 2. The monoisotopic (exact) mass is 342 g/mol. The van der Waals surface area contributed by atoms with Crippen LogP contribution in [0.1, 0.15) is 20.8 Å². The van der Waals surface area contributed by atoms with Gasteiger partial charge in [0.05, 0.1) is 6.61 Å². The smallest absolute Gasteiger partial charge is 0.265 e. The summed E-state index contributed by atoms with van der Waals surface area (Å²) in [5.41, 5.74) is 1.34. The van der Waals surface area contributed by atoms with Gasteiger partial charge in [0.1, 0.15) is 11.5 Å². The van der Waals surface area contributed by atoms with E-state index in [1.54, 1.807) is 55.5 Å². The quantitative estimate of drug-likeness (QED) is 0.808. The fourth-order valence-corrected chi connectivity index (χ4v) is 2.12. The lowest BCUT2D eigenvalue weighted by atomic mass is 10.2. The van der Waals surface area contributed by atoms with Crippen LogP contribution in [0.15, 0.2) is 48.5 Å². The van der Waals surface area contributed by atoms with Crippen molar-refractivity contribution in [2.24, 2.45) is 0 Å².